The molecule has 0 spiro atoms. The van der Waals surface area contributed by atoms with Crippen LogP contribution in [0.15, 0.2) is 4.99 Å². The van der Waals surface area contributed by atoms with Gasteiger partial charge in [0.1, 0.15) is 0 Å². The molecule has 5 heteroatoms. The van der Waals surface area contributed by atoms with Crippen LogP contribution < -0.4 is 5.32 Å². The zero-order valence-electron chi connectivity index (χ0n) is 14.4. The largest absolute Gasteiger partial charge is 0.356 e. The van der Waals surface area contributed by atoms with Gasteiger partial charge in [0, 0.05) is 33.2 Å². The van der Waals surface area contributed by atoms with E-state index in [0.29, 0.717) is 0 Å². The van der Waals surface area contributed by atoms with Crippen molar-refractivity contribution >= 4 is 17.7 Å². The van der Waals surface area contributed by atoms with Gasteiger partial charge in [-0.15, -0.1) is 0 Å². The number of thioether (sulfide) groups is 1. The minimum absolute atomic E-state index is 0.792. The summed E-state index contributed by atoms with van der Waals surface area (Å²) in [6.07, 6.45) is 5.99. The molecule has 1 saturated heterocycles. The molecule has 0 aromatic heterocycles. The van der Waals surface area contributed by atoms with E-state index in [4.69, 9.17) is 0 Å². The summed E-state index contributed by atoms with van der Waals surface area (Å²) < 4.78 is 0. The summed E-state index contributed by atoms with van der Waals surface area (Å²) in [6.45, 7) is 11.4. The molecular formula is C16H34N4S. The van der Waals surface area contributed by atoms with E-state index in [9.17, 15) is 0 Å². The van der Waals surface area contributed by atoms with E-state index in [1.54, 1.807) is 0 Å². The topological polar surface area (TPSA) is 30.9 Å². The van der Waals surface area contributed by atoms with Crippen LogP contribution in [0.2, 0.25) is 0 Å². The van der Waals surface area contributed by atoms with Gasteiger partial charge >= 0.3 is 0 Å². The molecule has 1 unspecified atom stereocenters. The van der Waals surface area contributed by atoms with Crippen molar-refractivity contribution in [1.82, 2.24) is 15.1 Å². The fraction of sp³-hybridized carbons (Fsp3) is 0.938. The second-order valence-corrected chi connectivity index (χ2v) is 6.75. The molecule has 0 aliphatic carbocycles. The van der Waals surface area contributed by atoms with Crippen molar-refractivity contribution in [2.75, 3.05) is 58.3 Å². The van der Waals surface area contributed by atoms with Crippen molar-refractivity contribution in [2.24, 2.45) is 10.9 Å². The lowest BCUT2D eigenvalue weighted by Crippen LogP contribution is -2.41. The van der Waals surface area contributed by atoms with Crippen molar-refractivity contribution in [2.45, 2.75) is 33.1 Å². The van der Waals surface area contributed by atoms with Crippen molar-refractivity contribution in [3.63, 3.8) is 0 Å². The summed E-state index contributed by atoms with van der Waals surface area (Å²) in [6, 6.07) is 0. The second kappa shape index (κ2) is 11.2. The zero-order valence-corrected chi connectivity index (χ0v) is 15.2. The molecule has 4 nitrogen and oxygen atoms in total. The summed E-state index contributed by atoms with van der Waals surface area (Å²) in [5.74, 6) is 3.15. The molecule has 1 aliphatic rings. The van der Waals surface area contributed by atoms with Crippen LogP contribution in [0.1, 0.15) is 33.1 Å². The number of hydrogen-bond donors (Lipinski definition) is 1. The molecule has 0 radical (unpaired) electrons. The first-order chi connectivity index (χ1) is 10.2. The number of likely N-dealkylation sites (tertiary alicyclic amines) is 1. The number of nitrogens with one attached hydrogen (secondary N) is 1. The van der Waals surface area contributed by atoms with Crippen LogP contribution in [0.3, 0.4) is 0 Å². The van der Waals surface area contributed by atoms with Crippen LogP contribution in [-0.4, -0.2) is 74.1 Å². The predicted octanol–water partition coefficient (Wildman–Crippen LogP) is 2.37. The number of hydrogen-bond acceptors (Lipinski definition) is 3. The van der Waals surface area contributed by atoms with Crippen molar-refractivity contribution in [3.8, 4) is 0 Å². The van der Waals surface area contributed by atoms with Gasteiger partial charge in [0.2, 0.25) is 0 Å². The Kier molecular flexibility index (Phi) is 9.92. The maximum Gasteiger partial charge on any atom is 0.193 e. The highest BCUT2D eigenvalue weighted by molar-refractivity contribution is 7.98. The van der Waals surface area contributed by atoms with Crippen LogP contribution in [-0.2, 0) is 0 Å². The van der Waals surface area contributed by atoms with E-state index < -0.39 is 0 Å². The normalized spacial score (nSPS) is 19.6. The number of unbranched alkanes of at least 4 members (excludes halogenated alkanes) is 1. The minimum Gasteiger partial charge on any atom is -0.356 e. The number of rotatable bonds is 9. The Labute approximate surface area is 135 Å². The first-order valence-corrected chi connectivity index (χ1v) is 9.81. The van der Waals surface area contributed by atoms with Gasteiger partial charge in [-0.25, -0.2) is 0 Å². The van der Waals surface area contributed by atoms with E-state index in [-0.39, 0.29) is 0 Å². The highest BCUT2D eigenvalue weighted by atomic mass is 32.2. The predicted molar refractivity (Wildman–Crippen MR) is 96.4 cm³/mol. The number of aliphatic imine (C=N–C) groups is 1. The molecule has 1 fully saturated rings. The molecule has 1 rings (SSSR count). The van der Waals surface area contributed by atoms with E-state index in [0.717, 1.165) is 44.6 Å². The fourth-order valence-corrected chi connectivity index (χ4v) is 3.42. The SMILES string of the molecule is CCN(CC)CC1CCN(C(=NC)NCCCCSC)C1. The maximum atomic E-state index is 4.45. The van der Waals surface area contributed by atoms with Gasteiger partial charge in [-0.05, 0) is 50.3 Å². The van der Waals surface area contributed by atoms with E-state index in [2.05, 4.69) is 40.2 Å². The molecule has 1 atom stereocenters. The van der Waals surface area contributed by atoms with Gasteiger partial charge in [-0.3, -0.25) is 4.99 Å². The lowest BCUT2D eigenvalue weighted by Gasteiger charge is -2.24. The number of guanidine groups is 1. The quantitative estimate of drug-likeness (QED) is 0.402. The molecule has 1 N–H and O–H groups in total. The Bertz CT molecular complexity index is 292. The average Bonchev–Trinajstić information content (AvgIpc) is 2.97. The van der Waals surface area contributed by atoms with Crippen LogP contribution in [0.5, 0.6) is 0 Å². The highest BCUT2D eigenvalue weighted by Gasteiger charge is 2.25. The Morgan fingerprint density at radius 2 is 2.10 bits per heavy atom. The lowest BCUT2D eigenvalue weighted by atomic mass is 10.1. The summed E-state index contributed by atoms with van der Waals surface area (Å²) >= 11 is 1.93. The third-order valence-corrected chi connectivity index (χ3v) is 4.96. The third-order valence-electron chi connectivity index (χ3n) is 4.27. The minimum atomic E-state index is 0.792. The summed E-state index contributed by atoms with van der Waals surface area (Å²) in [7, 11) is 1.90. The van der Waals surface area contributed by atoms with Crippen molar-refractivity contribution < 1.29 is 0 Å². The molecule has 0 amide bonds. The van der Waals surface area contributed by atoms with Gasteiger partial charge in [-0.1, -0.05) is 13.8 Å². The first kappa shape index (κ1) is 18.6. The molecule has 1 heterocycles. The van der Waals surface area contributed by atoms with Gasteiger partial charge in [-0.2, -0.15) is 11.8 Å². The van der Waals surface area contributed by atoms with Crippen LogP contribution >= 0.6 is 11.8 Å². The Balaban J connectivity index is 2.29. The first-order valence-electron chi connectivity index (χ1n) is 8.42. The molecular weight excluding hydrogens is 280 g/mol. The Morgan fingerprint density at radius 1 is 1.33 bits per heavy atom. The number of nitrogens with zero attached hydrogens (tertiary/aromatic N) is 3. The van der Waals surface area contributed by atoms with Crippen LogP contribution in [0.25, 0.3) is 0 Å². The van der Waals surface area contributed by atoms with E-state index >= 15 is 0 Å². The van der Waals surface area contributed by atoms with Crippen molar-refractivity contribution in [3.05, 3.63) is 0 Å². The maximum absolute atomic E-state index is 4.45. The standard InChI is InChI=1S/C16H34N4S/c1-5-19(6-2)13-15-9-11-20(14-15)16(17-3)18-10-7-8-12-21-4/h15H,5-14H2,1-4H3,(H,17,18). The van der Waals surface area contributed by atoms with Gasteiger partial charge in [0.25, 0.3) is 0 Å². The molecule has 0 saturated carbocycles. The molecule has 0 aromatic carbocycles. The summed E-state index contributed by atoms with van der Waals surface area (Å²) in [4.78, 5) is 9.42. The van der Waals surface area contributed by atoms with Gasteiger partial charge < -0.3 is 15.1 Å². The summed E-state index contributed by atoms with van der Waals surface area (Å²) in [5.41, 5.74) is 0. The van der Waals surface area contributed by atoms with Gasteiger partial charge in [0.05, 0.1) is 0 Å². The molecule has 0 aromatic rings. The Hall–Kier alpha value is -0.420. The third kappa shape index (κ3) is 6.92. The molecule has 1 aliphatic heterocycles. The smallest absolute Gasteiger partial charge is 0.193 e. The Morgan fingerprint density at radius 3 is 2.71 bits per heavy atom. The average molecular weight is 315 g/mol. The van der Waals surface area contributed by atoms with E-state index in [1.165, 1.54) is 31.6 Å². The molecule has 21 heavy (non-hydrogen) atoms. The van der Waals surface area contributed by atoms with Gasteiger partial charge in [0.15, 0.2) is 5.96 Å². The van der Waals surface area contributed by atoms with Crippen LogP contribution in [0, 0.1) is 5.92 Å². The summed E-state index contributed by atoms with van der Waals surface area (Å²) in [5, 5.41) is 3.53. The second-order valence-electron chi connectivity index (χ2n) is 5.76. The lowest BCUT2D eigenvalue weighted by molar-refractivity contribution is 0.255. The molecule has 0 bridgehead atoms. The van der Waals surface area contributed by atoms with Crippen molar-refractivity contribution in [1.29, 1.82) is 0 Å². The van der Waals surface area contributed by atoms with E-state index in [1.807, 2.05) is 18.8 Å². The van der Waals surface area contributed by atoms with Crippen LogP contribution in [0.4, 0.5) is 0 Å². The molecule has 124 valence electrons. The highest BCUT2D eigenvalue weighted by Crippen LogP contribution is 2.17. The zero-order chi connectivity index (χ0) is 15.5. The fourth-order valence-electron chi connectivity index (χ4n) is 2.92. The monoisotopic (exact) mass is 314 g/mol.